The number of hydrogen-bond donors (Lipinski definition) is 2. The molecular weight excluding hydrogens is 489 g/mol. The van der Waals surface area contributed by atoms with Crippen LogP contribution in [0.5, 0.6) is 0 Å². The molecular formula is C29H37ClFN5O. The van der Waals surface area contributed by atoms with Gasteiger partial charge in [-0.1, -0.05) is 37.3 Å². The van der Waals surface area contributed by atoms with Crippen molar-refractivity contribution in [1.82, 2.24) is 9.88 Å². The van der Waals surface area contributed by atoms with Crippen molar-refractivity contribution in [3.8, 4) is 6.07 Å². The van der Waals surface area contributed by atoms with Gasteiger partial charge in [0.25, 0.3) is 0 Å². The van der Waals surface area contributed by atoms with Crippen molar-refractivity contribution in [2.45, 2.75) is 71.3 Å². The first-order chi connectivity index (χ1) is 17.8. The zero-order valence-electron chi connectivity index (χ0n) is 22.0. The van der Waals surface area contributed by atoms with E-state index in [1.54, 1.807) is 25.1 Å². The first kappa shape index (κ1) is 28.5. The predicted molar refractivity (Wildman–Crippen MR) is 149 cm³/mol. The largest absolute Gasteiger partial charge is 0.385 e. The predicted octanol–water partition coefficient (Wildman–Crippen LogP) is 7.17. The Hall–Kier alpha value is -3.11. The molecule has 2 aromatic rings. The molecule has 0 aliphatic heterocycles. The molecule has 2 aliphatic rings. The van der Waals surface area contributed by atoms with Crippen molar-refractivity contribution in [2.75, 3.05) is 24.2 Å². The Bertz CT molecular complexity index is 1140. The third kappa shape index (κ3) is 7.93. The lowest BCUT2D eigenvalue weighted by atomic mass is 9.85. The van der Waals surface area contributed by atoms with Crippen LogP contribution >= 0.6 is 11.6 Å². The van der Waals surface area contributed by atoms with Gasteiger partial charge in [-0.15, -0.1) is 0 Å². The fourth-order valence-electron chi connectivity index (χ4n) is 4.89. The second-order valence-corrected chi connectivity index (χ2v) is 10.3. The average molecular weight is 526 g/mol. The van der Waals surface area contributed by atoms with Gasteiger partial charge in [0.1, 0.15) is 16.7 Å². The van der Waals surface area contributed by atoms with Gasteiger partial charge in [0, 0.05) is 25.3 Å². The molecule has 0 bridgehead atoms. The van der Waals surface area contributed by atoms with E-state index in [0.29, 0.717) is 34.6 Å². The summed E-state index contributed by atoms with van der Waals surface area (Å²) in [4.78, 5) is 17.4. The third-order valence-corrected chi connectivity index (χ3v) is 7.50. The van der Waals surface area contributed by atoms with Crippen molar-refractivity contribution in [3.05, 3.63) is 58.1 Å². The maximum Gasteiger partial charge on any atom is 0.211 e. The molecule has 0 atom stereocenters. The number of halogens is 2. The van der Waals surface area contributed by atoms with Crippen LogP contribution < -0.4 is 10.6 Å². The highest BCUT2D eigenvalue weighted by Crippen LogP contribution is 2.33. The van der Waals surface area contributed by atoms with E-state index < -0.39 is 0 Å². The van der Waals surface area contributed by atoms with E-state index in [1.807, 2.05) is 20.0 Å². The number of nitrogens with zero attached hydrogens (tertiary/aromatic N) is 3. The molecule has 0 radical (unpaired) electrons. The van der Waals surface area contributed by atoms with Crippen LogP contribution in [0.1, 0.15) is 69.5 Å². The Morgan fingerprint density at radius 2 is 1.86 bits per heavy atom. The maximum absolute atomic E-state index is 12.8. The quantitative estimate of drug-likeness (QED) is 0.217. The molecule has 6 nitrogen and oxygen atoms in total. The lowest BCUT2D eigenvalue weighted by Crippen LogP contribution is -2.33. The number of nitriles is 1. The fraction of sp³-hybridized carbons (Fsp3) is 0.483. The second kappa shape index (κ2) is 14.0. The first-order valence-corrected chi connectivity index (χ1v) is 13.4. The van der Waals surface area contributed by atoms with E-state index >= 15 is 0 Å². The first-order valence-electron chi connectivity index (χ1n) is 13.0. The van der Waals surface area contributed by atoms with Gasteiger partial charge < -0.3 is 15.5 Å². The third-order valence-electron chi connectivity index (χ3n) is 7.29. The Morgan fingerprint density at radius 3 is 2.46 bits per heavy atom. The average Bonchev–Trinajstić information content (AvgIpc) is 2.87. The number of amides is 1. The molecule has 1 aromatic heterocycles. The smallest absolute Gasteiger partial charge is 0.211 e. The normalized spacial score (nSPS) is 16.3. The summed E-state index contributed by atoms with van der Waals surface area (Å²) in [7, 11) is 1.99. The molecule has 198 valence electrons. The minimum atomic E-state index is -0.156. The summed E-state index contributed by atoms with van der Waals surface area (Å²) in [6, 6.07) is 10.8. The molecule has 0 unspecified atom stereocenters. The molecule has 0 spiro atoms. The number of allylic oxidation sites excluding steroid dienone is 1. The molecule has 2 aliphatic carbocycles. The topological polar surface area (TPSA) is 81.0 Å². The van der Waals surface area contributed by atoms with Crippen LogP contribution in [-0.2, 0) is 4.79 Å². The molecule has 8 heteroatoms. The minimum Gasteiger partial charge on any atom is -0.385 e. The zero-order valence-corrected chi connectivity index (χ0v) is 22.7. The molecule has 2 saturated carbocycles. The van der Waals surface area contributed by atoms with Gasteiger partial charge in [-0.25, -0.2) is 9.37 Å². The number of carbonyl (C=O) groups is 1. The number of nitrogens with one attached hydrogen (secondary N) is 2. The van der Waals surface area contributed by atoms with Crippen LogP contribution in [-0.4, -0.2) is 35.9 Å². The summed E-state index contributed by atoms with van der Waals surface area (Å²) in [6.07, 6.45) is 10.5. The highest BCUT2D eigenvalue weighted by molar-refractivity contribution is 6.29. The van der Waals surface area contributed by atoms with E-state index in [-0.39, 0.29) is 5.82 Å². The van der Waals surface area contributed by atoms with Crippen LogP contribution in [0.3, 0.4) is 0 Å². The molecule has 0 saturated heterocycles. The van der Waals surface area contributed by atoms with Gasteiger partial charge in [0.15, 0.2) is 0 Å². The van der Waals surface area contributed by atoms with Gasteiger partial charge >= 0.3 is 0 Å². The van der Waals surface area contributed by atoms with E-state index in [9.17, 15) is 14.4 Å². The highest BCUT2D eigenvalue weighted by atomic mass is 35.5. The second-order valence-electron chi connectivity index (χ2n) is 9.92. The minimum absolute atomic E-state index is 0.156. The van der Waals surface area contributed by atoms with E-state index in [2.05, 4.69) is 26.6 Å². The van der Waals surface area contributed by atoms with Crippen molar-refractivity contribution in [2.24, 2.45) is 5.92 Å². The highest BCUT2D eigenvalue weighted by Gasteiger charge is 2.25. The lowest BCUT2D eigenvalue weighted by Gasteiger charge is -2.35. The number of aryl methyl sites for hydroxylation is 1. The number of anilines is 2. The Kier molecular flexibility index (Phi) is 10.8. The van der Waals surface area contributed by atoms with Crippen molar-refractivity contribution >= 4 is 35.1 Å². The van der Waals surface area contributed by atoms with E-state index in [0.717, 1.165) is 42.3 Å². The summed E-state index contributed by atoms with van der Waals surface area (Å²) in [5.41, 5.74) is 4.43. The van der Waals surface area contributed by atoms with Crippen molar-refractivity contribution in [1.29, 1.82) is 5.26 Å². The van der Waals surface area contributed by atoms with Crippen LogP contribution in [0.15, 0.2) is 35.9 Å². The summed E-state index contributed by atoms with van der Waals surface area (Å²) in [6.45, 7) is 4.74. The van der Waals surface area contributed by atoms with E-state index in [4.69, 9.17) is 11.6 Å². The number of aromatic nitrogens is 1. The van der Waals surface area contributed by atoms with E-state index in [1.165, 1.54) is 44.6 Å². The molecule has 1 heterocycles. The number of carbonyl (C=O) groups excluding carboxylic acids is 1. The fourth-order valence-corrected chi connectivity index (χ4v) is 5.03. The van der Waals surface area contributed by atoms with Gasteiger partial charge in [-0.2, -0.15) is 5.26 Å². The van der Waals surface area contributed by atoms with Gasteiger partial charge in [-0.3, -0.25) is 4.79 Å². The Morgan fingerprint density at radius 1 is 1.16 bits per heavy atom. The summed E-state index contributed by atoms with van der Waals surface area (Å²) in [5.74, 6) is 0.677. The Labute approximate surface area is 224 Å². The van der Waals surface area contributed by atoms with Crippen LogP contribution in [0.4, 0.5) is 15.8 Å². The number of hydrogen-bond acceptors (Lipinski definition) is 5. The van der Waals surface area contributed by atoms with Gasteiger partial charge in [-0.05, 0) is 81.3 Å². The number of pyridine rings is 1. The SMILES string of the molecule is C/C(C#N)=C(\c1nc(Cl)ccc1NC=O)N(C)C1CCCCC1.Cc1cc(F)ccc1NCC1CCC1. The molecule has 1 amide bonds. The summed E-state index contributed by atoms with van der Waals surface area (Å²) in [5, 5.41) is 15.8. The number of benzene rings is 1. The molecule has 37 heavy (non-hydrogen) atoms. The lowest BCUT2D eigenvalue weighted by molar-refractivity contribution is -0.105. The summed E-state index contributed by atoms with van der Waals surface area (Å²) >= 11 is 6.05. The monoisotopic (exact) mass is 525 g/mol. The van der Waals surface area contributed by atoms with Crippen molar-refractivity contribution < 1.29 is 9.18 Å². The van der Waals surface area contributed by atoms with Crippen LogP contribution in [0.25, 0.3) is 5.70 Å². The van der Waals surface area contributed by atoms with Crippen molar-refractivity contribution in [3.63, 3.8) is 0 Å². The molecule has 2 fully saturated rings. The molecule has 2 N–H and O–H groups in total. The van der Waals surface area contributed by atoms with Crippen LogP contribution in [0.2, 0.25) is 5.15 Å². The standard InChI is InChI=1S/C17H21ClN4O.C12H16FN/c1-12(10-19)17(22(2)13-6-4-3-5-7-13)16-14(20-11-23)8-9-15(18)21-16;1-9-7-11(13)5-6-12(9)14-8-10-3-2-4-10/h8-9,11,13H,3-7H2,1-2H3,(H,20,23);5-7,10,14H,2-4,8H2,1H3/b17-12-;. The van der Waals surface area contributed by atoms with Gasteiger partial charge in [0.05, 0.1) is 23.0 Å². The van der Waals surface area contributed by atoms with Gasteiger partial charge in [0.2, 0.25) is 6.41 Å². The number of rotatable bonds is 8. The van der Waals surface area contributed by atoms with Crippen LogP contribution in [0, 0.1) is 30.0 Å². The molecule has 4 rings (SSSR count). The maximum atomic E-state index is 12.8. The zero-order chi connectivity index (χ0) is 26.8. The Balaban J connectivity index is 0.000000231. The molecule has 1 aromatic carbocycles. The summed E-state index contributed by atoms with van der Waals surface area (Å²) < 4.78 is 12.8.